The molecule has 5 rings (SSSR count). The van der Waals surface area contributed by atoms with Crippen molar-refractivity contribution in [2.75, 3.05) is 23.2 Å². The van der Waals surface area contributed by atoms with Gasteiger partial charge < -0.3 is 14.4 Å². The number of hydrogen-bond donors (Lipinski definition) is 0. The lowest BCUT2D eigenvalue weighted by atomic mass is 10.1. The maximum atomic E-state index is 12.7. The molecule has 0 bridgehead atoms. The average Bonchev–Trinajstić information content (AvgIpc) is 3.34. The van der Waals surface area contributed by atoms with Crippen LogP contribution in [0.1, 0.15) is 11.1 Å². The smallest absolute Gasteiger partial charge is 0.252 e. The summed E-state index contributed by atoms with van der Waals surface area (Å²) in [5.74, 6) is 1.14. The third-order valence-electron chi connectivity index (χ3n) is 5.40. The Morgan fingerprint density at radius 1 is 1.13 bits per heavy atom. The van der Waals surface area contributed by atoms with Crippen LogP contribution in [0.2, 0.25) is 0 Å². The monoisotopic (exact) mass is 444 g/mol. The summed E-state index contributed by atoms with van der Waals surface area (Å²) in [6.45, 7) is 2.15. The molecule has 0 radical (unpaired) electrons. The van der Waals surface area contributed by atoms with Crippen LogP contribution >= 0.6 is 11.8 Å². The van der Waals surface area contributed by atoms with E-state index in [1.54, 1.807) is 6.07 Å². The Morgan fingerprint density at radius 3 is 2.70 bits per heavy atom. The Morgan fingerprint density at radius 2 is 1.90 bits per heavy atom. The van der Waals surface area contributed by atoms with E-state index in [9.17, 15) is 13.2 Å². The number of amides is 1. The first kappa shape index (κ1) is 19.4. The first-order valence-electron chi connectivity index (χ1n) is 9.61. The number of amidine groups is 1. The van der Waals surface area contributed by atoms with Crippen molar-refractivity contribution in [2.24, 2.45) is 4.99 Å². The number of benzene rings is 2. The number of anilines is 1. The normalized spacial score (nSPS) is 25.0. The van der Waals surface area contributed by atoms with Crippen molar-refractivity contribution < 1.29 is 22.7 Å². The lowest BCUT2D eigenvalue weighted by Gasteiger charge is -2.24. The third-order valence-corrected chi connectivity index (χ3v) is 8.61. The minimum Gasteiger partial charge on any atom is -0.454 e. The van der Waals surface area contributed by atoms with Crippen LogP contribution in [0.15, 0.2) is 47.5 Å². The van der Waals surface area contributed by atoms with Gasteiger partial charge in [-0.1, -0.05) is 41.6 Å². The second-order valence-corrected chi connectivity index (χ2v) is 11.0. The number of hydrogen-bond acceptors (Lipinski definition) is 6. The standard InChI is InChI=1S/C21H20N2O5S2/c1-13-2-4-14(5-3-13)8-20(24)22-21-23(16-10-30(25,26)11-19(16)29-21)15-6-7-17-18(9-15)28-12-27-17/h2-7,9,16,19H,8,10-12H2,1H3/t16-,19+/m1/s1. The quantitative estimate of drug-likeness (QED) is 0.719. The van der Waals surface area contributed by atoms with Crippen LogP contribution in [0.3, 0.4) is 0 Å². The zero-order valence-corrected chi connectivity index (χ0v) is 17.9. The number of ether oxygens (including phenoxy) is 2. The molecule has 7 nitrogen and oxygen atoms in total. The number of carbonyl (C=O) groups excluding carboxylic acids is 1. The molecule has 2 fully saturated rings. The first-order valence-corrected chi connectivity index (χ1v) is 12.3. The molecule has 3 heterocycles. The summed E-state index contributed by atoms with van der Waals surface area (Å²) in [6, 6.07) is 13.0. The minimum absolute atomic E-state index is 0.0459. The number of aryl methyl sites for hydroxylation is 1. The summed E-state index contributed by atoms with van der Waals surface area (Å²) in [5, 5.41) is 0.391. The van der Waals surface area contributed by atoms with Gasteiger partial charge in [-0.25, -0.2) is 8.42 Å². The Balaban J connectivity index is 1.46. The molecule has 0 saturated carbocycles. The van der Waals surface area contributed by atoms with Crippen LogP contribution in [0, 0.1) is 6.92 Å². The molecular formula is C21H20N2O5S2. The van der Waals surface area contributed by atoms with E-state index < -0.39 is 9.84 Å². The van der Waals surface area contributed by atoms with E-state index in [1.807, 2.05) is 48.2 Å². The van der Waals surface area contributed by atoms with Crippen molar-refractivity contribution in [3.05, 3.63) is 53.6 Å². The largest absolute Gasteiger partial charge is 0.454 e. The minimum atomic E-state index is -3.12. The van der Waals surface area contributed by atoms with Crippen molar-refractivity contribution >= 4 is 38.4 Å². The van der Waals surface area contributed by atoms with Crippen LogP contribution in [0.25, 0.3) is 0 Å². The SMILES string of the molecule is Cc1ccc(CC(=O)N=C2S[C@H]3CS(=O)(=O)C[C@H]3N2c2ccc3c(c2)OCO3)cc1. The fourth-order valence-corrected chi connectivity index (χ4v) is 7.86. The lowest BCUT2D eigenvalue weighted by molar-refractivity contribution is -0.117. The van der Waals surface area contributed by atoms with Crippen LogP contribution < -0.4 is 14.4 Å². The van der Waals surface area contributed by atoms with E-state index in [2.05, 4.69) is 4.99 Å². The number of thioether (sulfide) groups is 1. The molecule has 1 amide bonds. The van der Waals surface area contributed by atoms with Crippen molar-refractivity contribution in [3.63, 3.8) is 0 Å². The number of fused-ring (bicyclic) bond motifs is 2. The number of aliphatic imine (C=N–C) groups is 1. The summed E-state index contributed by atoms with van der Waals surface area (Å²) >= 11 is 1.36. The Hall–Kier alpha value is -2.52. The predicted molar refractivity (Wildman–Crippen MR) is 116 cm³/mol. The fourth-order valence-electron chi connectivity index (χ4n) is 3.93. The van der Waals surface area contributed by atoms with Gasteiger partial charge in [0.15, 0.2) is 26.5 Å². The van der Waals surface area contributed by atoms with Crippen LogP contribution in [-0.2, 0) is 21.1 Å². The summed E-state index contributed by atoms with van der Waals surface area (Å²) in [4.78, 5) is 18.9. The van der Waals surface area contributed by atoms with Gasteiger partial charge in [-0.3, -0.25) is 4.79 Å². The summed E-state index contributed by atoms with van der Waals surface area (Å²) in [6.07, 6.45) is 0.201. The molecule has 0 N–H and O–H groups in total. The summed E-state index contributed by atoms with van der Waals surface area (Å²) < 4.78 is 35.3. The van der Waals surface area contributed by atoms with Gasteiger partial charge >= 0.3 is 0 Å². The Labute approximate surface area is 179 Å². The Bertz CT molecular complexity index is 1140. The van der Waals surface area contributed by atoms with E-state index in [0.717, 1.165) is 16.8 Å². The molecule has 30 heavy (non-hydrogen) atoms. The van der Waals surface area contributed by atoms with E-state index in [1.165, 1.54) is 11.8 Å². The summed E-state index contributed by atoms with van der Waals surface area (Å²) in [5.41, 5.74) is 2.78. The highest BCUT2D eigenvalue weighted by Gasteiger charge is 2.49. The van der Waals surface area contributed by atoms with Crippen molar-refractivity contribution in [3.8, 4) is 11.5 Å². The first-order chi connectivity index (χ1) is 14.4. The van der Waals surface area contributed by atoms with Crippen LogP contribution in [-0.4, -0.2) is 49.1 Å². The molecule has 3 aliphatic rings. The molecule has 2 saturated heterocycles. The zero-order chi connectivity index (χ0) is 20.9. The van der Waals surface area contributed by atoms with Gasteiger partial charge in [-0.15, -0.1) is 0 Å². The second kappa shape index (κ2) is 7.31. The zero-order valence-electron chi connectivity index (χ0n) is 16.3. The number of sulfone groups is 1. The fraction of sp³-hybridized carbons (Fsp3) is 0.333. The molecule has 0 spiro atoms. The van der Waals surface area contributed by atoms with E-state index in [-0.39, 0.29) is 41.9 Å². The molecule has 2 aromatic rings. The molecule has 9 heteroatoms. The summed E-state index contributed by atoms with van der Waals surface area (Å²) in [7, 11) is -3.12. The molecule has 2 atom stereocenters. The van der Waals surface area contributed by atoms with Gasteiger partial charge in [0, 0.05) is 17.0 Å². The highest BCUT2D eigenvalue weighted by atomic mass is 32.2. The predicted octanol–water partition coefficient (Wildman–Crippen LogP) is 2.57. The van der Waals surface area contributed by atoms with Crippen molar-refractivity contribution in [1.82, 2.24) is 0 Å². The molecule has 2 aromatic carbocycles. The molecule has 0 unspecified atom stereocenters. The lowest BCUT2D eigenvalue weighted by Crippen LogP contribution is -2.37. The highest BCUT2D eigenvalue weighted by Crippen LogP contribution is 2.43. The van der Waals surface area contributed by atoms with E-state index in [4.69, 9.17) is 9.47 Å². The van der Waals surface area contributed by atoms with E-state index >= 15 is 0 Å². The molecule has 0 aliphatic carbocycles. The van der Waals surface area contributed by atoms with Crippen molar-refractivity contribution in [2.45, 2.75) is 24.6 Å². The highest BCUT2D eigenvalue weighted by molar-refractivity contribution is 8.16. The second-order valence-electron chi connectivity index (χ2n) is 7.66. The maximum absolute atomic E-state index is 12.7. The topological polar surface area (TPSA) is 85.3 Å². The molecule has 156 valence electrons. The molecule has 0 aromatic heterocycles. The van der Waals surface area contributed by atoms with Crippen LogP contribution in [0.5, 0.6) is 11.5 Å². The van der Waals surface area contributed by atoms with Gasteiger partial charge in [0.2, 0.25) is 6.79 Å². The van der Waals surface area contributed by atoms with Gasteiger partial charge in [0.1, 0.15) is 0 Å². The van der Waals surface area contributed by atoms with Gasteiger partial charge in [-0.2, -0.15) is 4.99 Å². The molecular weight excluding hydrogens is 424 g/mol. The van der Waals surface area contributed by atoms with Crippen molar-refractivity contribution in [1.29, 1.82) is 0 Å². The van der Waals surface area contributed by atoms with E-state index in [0.29, 0.717) is 16.7 Å². The number of rotatable bonds is 3. The average molecular weight is 445 g/mol. The Kier molecular flexibility index (Phi) is 4.74. The number of carbonyl (C=O) groups is 1. The number of nitrogens with zero attached hydrogens (tertiary/aromatic N) is 2. The van der Waals surface area contributed by atoms with Crippen LogP contribution in [0.4, 0.5) is 5.69 Å². The van der Waals surface area contributed by atoms with Gasteiger partial charge in [-0.05, 0) is 24.6 Å². The van der Waals surface area contributed by atoms with Gasteiger partial charge in [0.05, 0.1) is 24.0 Å². The van der Waals surface area contributed by atoms with Gasteiger partial charge in [0.25, 0.3) is 5.91 Å². The maximum Gasteiger partial charge on any atom is 0.252 e. The molecule has 3 aliphatic heterocycles. The third kappa shape index (κ3) is 3.67.